The zero-order chi connectivity index (χ0) is 18.7. The van der Waals surface area contributed by atoms with Crippen molar-refractivity contribution < 1.29 is 22.7 Å². The quantitative estimate of drug-likeness (QED) is 0.741. The van der Waals surface area contributed by atoms with E-state index in [1.165, 1.54) is 35.5 Å². The second kappa shape index (κ2) is 7.61. The Morgan fingerprint density at radius 2 is 1.92 bits per heavy atom. The third-order valence-electron chi connectivity index (χ3n) is 4.00. The molecule has 1 unspecified atom stereocenters. The zero-order valence-electron chi connectivity index (χ0n) is 13.5. The van der Waals surface area contributed by atoms with Crippen LogP contribution in [0, 0.1) is 0 Å². The van der Waals surface area contributed by atoms with Gasteiger partial charge in [0.05, 0.1) is 22.1 Å². The van der Waals surface area contributed by atoms with Crippen LogP contribution in [0.25, 0.3) is 0 Å². The number of hydrogen-bond donors (Lipinski definition) is 0. The molecule has 0 N–H and O–H groups in total. The highest BCUT2D eigenvalue weighted by Crippen LogP contribution is 2.32. The molecule has 9 heteroatoms. The first kappa shape index (κ1) is 18.6. The number of aromatic nitrogens is 2. The molecule has 5 nitrogen and oxygen atoms in total. The molecule has 0 aliphatic carbocycles. The van der Waals surface area contributed by atoms with Gasteiger partial charge in [-0.2, -0.15) is 13.2 Å². The number of benzene rings is 1. The fourth-order valence-electron chi connectivity index (χ4n) is 2.82. The minimum Gasteiger partial charge on any atom is -0.458 e. The van der Waals surface area contributed by atoms with E-state index in [9.17, 15) is 18.0 Å². The maximum absolute atomic E-state index is 13.2. The summed E-state index contributed by atoms with van der Waals surface area (Å²) in [4.78, 5) is 22.1. The first-order valence-electron chi connectivity index (χ1n) is 7.94. The van der Waals surface area contributed by atoms with E-state index >= 15 is 0 Å². The van der Waals surface area contributed by atoms with Crippen LogP contribution in [0.4, 0.5) is 13.2 Å². The van der Waals surface area contributed by atoms with Crippen molar-refractivity contribution in [3.8, 4) is 6.01 Å². The molecule has 26 heavy (non-hydrogen) atoms. The molecule has 3 rings (SSSR count). The van der Waals surface area contributed by atoms with Crippen molar-refractivity contribution in [3.05, 3.63) is 52.3 Å². The maximum atomic E-state index is 13.2. The Kier molecular flexibility index (Phi) is 5.45. The summed E-state index contributed by atoms with van der Waals surface area (Å²) < 4.78 is 45.8. The molecule has 138 valence electrons. The largest absolute Gasteiger partial charge is 0.458 e. The molecule has 1 aliphatic rings. The summed E-state index contributed by atoms with van der Waals surface area (Å²) in [5, 5.41) is 0. The summed E-state index contributed by atoms with van der Waals surface area (Å²) in [5.41, 5.74) is -1.27. The number of carbonyl (C=O) groups is 1. The van der Waals surface area contributed by atoms with Gasteiger partial charge in [-0.15, -0.1) is 0 Å². The SMILES string of the molecule is O=C(c1ccccc1C(F)(F)F)N1CCCC(Oc2ncc(Br)cn2)C1. The molecule has 1 aliphatic heterocycles. The van der Waals surface area contributed by atoms with Crippen LogP contribution >= 0.6 is 15.9 Å². The van der Waals surface area contributed by atoms with E-state index in [-0.39, 0.29) is 24.2 Å². The van der Waals surface area contributed by atoms with E-state index in [2.05, 4.69) is 25.9 Å². The normalized spacial score (nSPS) is 17.8. The van der Waals surface area contributed by atoms with Gasteiger partial charge in [-0.05, 0) is 40.9 Å². The third-order valence-corrected chi connectivity index (χ3v) is 4.41. The molecule has 0 radical (unpaired) electrons. The minimum atomic E-state index is -4.58. The lowest BCUT2D eigenvalue weighted by Gasteiger charge is -2.32. The van der Waals surface area contributed by atoms with E-state index in [4.69, 9.17) is 4.74 Å². The number of carbonyl (C=O) groups excluding carboxylic acids is 1. The van der Waals surface area contributed by atoms with Crippen molar-refractivity contribution in [3.63, 3.8) is 0 Å². The van der Waals surface area contributed by atoms with Crippen LogP contribution in [-0.2, 0) is 6.18 Å². The monoisotopic (exact) mass is 429 g/mol. The highest BCUT2D eigenvalue weighted by atomic mass is 79.9. The van der Waals surface area contributed by atoms with Crippen molar-refractivity contribution >= 4 is 21.8 Å². The standard InChI is InChI=1S/C17H15BrF3N3O2/c18-11-8-22-16(23-9-11)26-12-4-3-7-24(10-12)15(25)13-5-1-2-6-14(13)17(19,20)21/h1-2,5-6,8-9,12H,3-4,7,10H2. The first-order chi connectivity index (χ1) is 12.3. The Hall–Kier alpha value is -2.16. The molecule has 2 heterocycles. The molecule has 1 atom stereocenters. The number of rotatable bonds is 3. The smallest absolute Gasteiger partial charge is 0.417 e. The van der Waals surface area contributed by atoms with Crippen LogP contribution < -0.4 is 4.74 Å². The topological polar surface area (TPSA) is 55.3 Å². The van der Waals surface area contributed by atoms with E-state index in [0.29, 0.717) is 23.9 Å². The number of hydrogen-bond acceptors (Lipinski definition) is 4. The fourth-order valence-corrected chi connectivity index (χ4v) is 3.02. The van der Waals surface area contributed by atoms with E-state index in [1.807, 2.05) is 0 Å². The fraction of sp³-hybridized carbons (Fsp3) is 0.353. The second-order valence-electron chi connectivity index (χ2n) is 5.86. The highest BCUT2D eigenvalue weighted by molar-refractivity contribution is 9.10. The molecule has 2 aromatic rings. The Labute approximate surface area is 156 Å². The van der Waals surface area contributed by atoms with Crippen LogP contribution in [-0.4, -0.2) is 40.0 Å². The summed E-state index contributed by atoms with van der Waals surface area (Å²) in [7, 11) is 0. The van der Waals surface area contributed by atoms with Gasteiger partial charge >= 0.3 is 12.2 Å². The number of ether oxygens (including phenoxy) is 1. The van der Waals surface area contributed by atoms with Crippen molar-refractivity contribution in [2.75, 3.05) is 13.1 Å². The molecule has 0 saturated carbocycles. The second-order valence-corrected chi connectivity index (χ2v) is 6.78. The number of amides is 1. The average molecular weight is 430 g/mol. The number of halogens is 4. The van der Waals surface area contributed by atoms with Gasteiger partial charge in [-0.1, -0.05) is 12.1 Å². The molecular formula is C17H15BrF3N3O2. The molecule has 0 bridgehead atoms. The molecule has 1 amide bonds. The summed E-state index contributed by atoms with van der Waals surface area (Å²) in [5.74, 6) is -0.650. The highest BCUT2D eigenvalue weighted by Gasteiger charge is 2.36. The third kappa shape index (κ3) is 4.32. The molecule has 1 saturated heterocycles. The summed E-state index contributed by atoms with van der Waals surface area (Å²) in [6, 6.07) is 4.99. The molecule has 1 aromatic heterocycles. The molecular weight excluding hydrogens is 415 g/mol. The number of alkyl halides is 3. The van der Waals surface area contributed by atoms with E-state index < -0.39 is 17.6 Å². The maximum Gasteiger partial charge on any atom is 0.417 e. The van der Waals surface area contributed by atoms with Crippen molar-refractivity contribution in [1.82, 2.24) is 14.9 Å². The van der Waals surface area contributed by atoms with Crippen molar-refractivity contribution in [2.45, 2.75) is 25.1 Å². The summed E-state index contributed by atoms with van der Waals surface area (Å²) in [6.45, 7) is 0.566. The lowest BCUT2D eigenvalue weighted by atomic mass is 10.0. The van der Waals surface area contributed by atoms with Gasteiger partial charge in [-0.25, -0.2) is 9.97 Å². The lowest BCUT2D eigenvalue weighted by Crippen LogP contribution is -2.45. The van der Waals surface area contributed by atoms with Gasteiger partial charge < -0.3 is 9.64 Å². The first-order valence-corrected chi connectivity index (χ1v) is 8.73. The Morgan fingerprint density at radius 3 is 2.62 bits per heavy atom. The predicted octanol–water partition coefficient (Wildman–Crippen LogP) is 3.94. The van der Waals surface area contributed by atoms with Gasteiger partial charge in [0.25, 0.3) is 5.91 Å². The number of likely N-dealkylation sites (tertiary alicyclic amines) is 1. The van der Waals surface area contributed by atoms with Gasteiger partial charge in [0.1, 0.15) is 6.10 Å². The Morgan fingerprint density at radius 1 is 1.23 bits per heavy atom. The summed E-state index contributed by atoms with van der Waals surface area (Å²) in [6.07, 6.45) is -0.581. The zero-order valence-corrected chi connectivity index (χ0v) is 15.1. The Balaban J connectivity index is 1.73. The van der Waals surface area contributed by atoms with Crippen molar-refractivity contribution in [2.24, 2.45) is 0 Å². The van der Waals surface area contributed by atoms with E-state index in [0.717, 1.165) is 6.07 Å². The Bertz CT molecular complexity index is 784. The van der Waals surface area contributed by atoms with Crippen LogP contribution in [0.2, 0.25) is 0 Å². The van der Waals surface area contributed by atoms with Crippen LogP contribution in [0.5, 0.6) is 6.01 Å². The van der Waals surface area contributed by atoms with Crippen molar-refractivity contribution in [1.29, 1.82) is 0 Å². The van der Waals surface area contributed by atoms with Gasteiger partial charge in [0, 0.05) is 18.9 Å². The molecule has 1 aromatic carbocycles. The predicted molar refractivity (Wildman–Crippen MR) is 90.7 cm³/mol. The van der Waals surface area contributed by atoms with Crippen LogP contribution in [0.15, 0.2) is 41.1 Å². The molecule has 0 spiro atoms. The van der Waals surface area contributed by atoms with Gasteiger partial charge in [0.2, 0.25) is 0 Å². The minimum absolute atomic E-state index is 0.170. The summed E-state index contributed by atoms with van der Waals surface area (Å²) >= 11 is 3.22. The number of nitrogens with zero attached hydrogens (tertiary/aromatic N) is 3. The van der Waals surface area contributed by atoms with Gasteiger partial charge in [0.15, 0.2) is 0 Å². The lowest BCUT2D eigenvalue weighted by molar-refractivity contribution is -0.138. The van der Waals surface area contributed by atoms with Crippen LogP contribution in [0.3, 0.4) is 0 Å². The average Bonchev–Trinajstić information content (AvgIpc) is 2.62. The number of piperidine rings is 1. The van der Waals surface area contributed by atoms with Crippen LogP contribution in [0.1, 0.15) is 28.8 Å². The van der Waals surface area contributed by atoms with E-state index in [1.54, 1.807) is 0 Å². The van der Waals surface area contributed by atoms with Gasteiger partial charge in [-0.3, -0.25) is 4.79 Å². The molecule has 1 fully saturated rings.